The molecule has 1 aromatic carbocycles. The molecule has 0 aliphatic heterocycles. The second-order valence-electron chi connectivity index (χ2n) is 5.93. The van der Waals surface area contributed by atoms with Gasteiger partial charge in [-0.3, -0.25) is 0 Å². The van der Waals surface area contributed by atoms with Gasteiger partial charge in [-0.05, 0) is 43.5 Å². The summed E-state index contributed by atoms with van der Waals surface area (Å²) in [6, 6.07) is 6.54. The van der Waals surface area contributed by atoms with Crippen LogP contribution in [0, 0.1) is 5.41 Å². The molecule has 1 unspecified atom stereocenters. The van der Waals surface area contributed by atoms with E-state index in [9.17, 15) is 0 Å². The van der Waals surface area contributed by atoms with Crippen LogP contribution in [0.1, 0.15) is 53.1 Å². The number of rotatable bonds is 7. The van der Waals surface area contributed by atoms with Gasteiger partial charge in [0.15, 0.2) is 11.5 Å². The Morgan fingerprint density at radius 1 is 1.00 bits per heavy atom. The van der Waals surface area contributed by atoms with Crippen LogP contribution in [0.3, 0.4) is 0 Å². The van der Waals surface area contributed by atoms with E-state index in [0.717, 1.165) is 18.0 Å². The van der Waals surface area contributed by atoms with E-state index in [1.807, 2.05) is 19.9 Å². The Labute approximate surface area is 123 Å². The molecule has 0 aliphatic rings. The molecular formula is C17H29NO2. The summed E-state index contributed by atoms with van der Waals surface area (Å²) < 4.78 is 11.3. The van der Waals surface area contributed by atoms with Crippen LogP contribution in [0.4, 0.5) is 0 Å². The molecule has 1 N–H and O–H groups in total. The first-order valence-electron chi connectivity index (χ1n) is 7.56. The van der Waals surface area contributed by atoms with Crippen molar-refractivity contribution in [3.63, 3.8) is 0 Å². The number of hydrogen-bond acceptors (Lipinski definition) is 3. The lowest BCUT2D eigenvalue weighted by atomic mass is 9.82. The Morgan fingerprint density at radius 2 is 1.60 bits per heavy atom. The molecular weight excluding hydrogens is 250 g/mol. The minimum atomic E-state index is 0.145. The quantitative estimate of drug-likeness (QED) is 0.812. The first-order valence-corrected chi connectivity index (χ1v) is 7.56. The van der Waals surface area contributed by atoms with Gasteiger partial charge in [-0.25, -0.2) is 0 Å². The Balaban J connectivity index is 3.13. The summed E-state index contributed by atoms with van der Waals surface area (Å²) in [5.74, 6) is 1.65. The summed E-state index contributed by atoms with van der Waals surface area (Å²) in [4.78, 5) is 0. The van der Waals surface area contributed by atoms with Crippen molar-refractivity contribution in [2.45, 2.75) is 47.6 Å². The van der Waals surface area contributed by atoms with E-state index in [2.05, 4.69) is 45.1 Å². The highest BCUT2D eigenvalue weighted by molar-refractivity contribution is 5.44. The summed E-state index contributed by atoms with van der Waals surface area (Å²) in [6.07, 6.45) is 0. The molecule has 0 radical (unpaired) electrons. The third-order valence-corrected chi connectivity index (χ3v) is 3.18. The lowest BCUT2D eigenvalue weighted by molar-refractivity contribution is 0.270. The molecule has 0 heterocycles. The topological polar surface area (TPSA) is 30.5 Å². The van der Waals surface area contributed by atoms with E-state index in [1.54, 1.807) is 0 Å². The second-order valence-corrected chi connectivity index (χ2v) is 5.93. The maximum atomic E-state index is 5.72. The third-order valence-electron chi connectivity index (χ3n) is 3.18. The lowest BCUT2D eigenvalue weighted by Gasteiger charge is -2.32. The van der Waals surface area contributed by atoms with Gasteiger partial charge in [0, 0.05) is 6.04 Å². The fraction of sp³-hybridized carbons (Fsp3) is 0.647. The summed E-state index contributed by atoms with van der Waals surface area (Å²) in [5.41, 5.74) is 1.39. The van der Waals surface area contributed by atoms with E-state index in [4.69, 9.17) is 9.47 Å². The third kappa shape index (κ3) is 4.41. The molecule has 0 fully saturated rings. The predicted molar refractivity (Wildman–Crippen MR) is 84.7 cm³/mol. The molecule has 0 bridgehead atoms. The van der Waals surface area contributed by atoms with Crippen LogP contribution < -0.4 is 14.8 Å². The molecule has 0 spiro atoms. The molecule has 20 heavy (non-hydrogen) atoms. The van der Waals surface area contributed by atoms with E-state index >= 15 is 0 Å². The average molecular weight is 279 g/mol. The minimum Gasteiger partial charge on any atom is -0.490 e. The number of benzene rings is 1. The zero-order valence-electron chi connectivity index (χ0n) is 13.7. The Kier molecular flexibility index (Phi) is 6.34. The number of nitrogens with one attached hydrogen (secondary N) is 1. The second kappa shape index (κ2) is 7.53. The molecule has 0 amide bonds. The van der Waals surface area contributed by atoms with Gasteiger partial charge in [-0.15, -0.1) is 0 Å². The van der Waals surface area contributed by atoms with Gasteiger partial charge in [0.25, 0.3) is 0 Å². The van der Waals surface area contributed by atoms with Gasteiger partial charge in [-0.2, -0.15) is 0 Å². The normalized spacial score (nSPS) is 13.1. The molecule has 0 saturated carbocycles. The zero-order chi connectivity index (χ0) is 15.2. The molecule has 3 heteroatoms. The van der Waals surface area contributed by atoms with Crippen molar-refractivity contribution >= 4 is 0 Å². The first kappa shape index (κ1) is 16.8. The van der Waals surface area contributed by atoms with Crippen molar-refractivity contribution in [3.8, 4) is 11.5 Å². The largest absolute Gasteiger partial charge is 0.490 e. The van der Waals surface area contributed by atoms with E-state index in [1.165, 1.54) is 5.56 Å². The molecule has 0 aliphatic carbocycles. The predicted octanol–water partition coefficient (Wildman–Crippen LogP) is 4.18. The SMILES string of the molecule is CCNC(c1ccc(OCC)c(OCC)c1)C(C)(C)C. The molecule has 1 rings (SSSR count). The maximum Gasteiger partial charge on any atom is 0.161 e. The number of ether oxygens (including phenoxy) is 2. The summed E-state index contributed by atoms with van der Waals surface area (Å²) >= 11 is 0. The smallest absolute Gasteiger partial charge is 0.161 e. The molecule has 0 saturated heterocycles. The van der Waals surface area contributed by atoms with Crippen molar-refractivity contribution in [3.05, 3.63) is 23.8 Å². The fourth-order valence-electron chi connectivity index (χ4n) is 2.38. The highest BCUT2D eigenvalue weighted by atomic mass is 16.5. The standard InChI is InChI=1S/C17H29NO2/c1-7-18-16(17(4,5)6)13-10-11-14(19-8-2)15(12-13)20-9-3/h10-12,16,18H,7-9H2,1-6H3. The minimum absolute atomic E-state index is 0.145. The Morgan fingerprint density at radius 3 is 2.10 bits per heavy atom. The monoisotopic (exact) mass is 279 g/mol. The van der Waals surface area contributed by atoms with Gasteiger partial charge < -0.3 is 14.8 Å². The van der Waals surface area contributed by atoms with Crippen LogP contribution in [-0.4, -0.2) is 19.8 Å². The lowest BCUT2D eigenvalue weighted by Crippen LogP contribution is -2.32. The van der Waals surface area contributed by atoms with Crippen LogP contribution >= 0.6 is 0 Å². The first-order chi connectivity index (χ1) is 9.43. The summed E-state index contributed by atoms with van der Waals surface area (Å²) in [5, 5.41) is 3.56. The van der Waals surface area contributed by atoms with E-state index in [-0.39, 0.29) is 5.41 Å². The highest BCUT2D eigenvalue weighted by Gasteiger charge is 2.26. The summed E-state index contributed by atoms with van der Waals surface area (Å²) in [7, 11) is 0. The molecule has 114 valence electrons. The molecule has 1 aromatic rings. The van der Waals surface area contributed by atoms with Crippen molar-refractivity contribution in [2.24, 2.45) is 5.41 Å². The van der Waals surface area contributed by atoms with Gasteiger partial charge in [0.05, 0.1) is 13.2 Å². The maximum absolute atomic E-state index is 5.72. The average Bonchev–Trinajstić information content (AvgIpc) is 2.37. The summed E-state index contributed by atoms with van der Waals surface area (Å²) in [6.45, 7) is 15.1. The molecule has 1 atom stereocenters. The van der Waals surface area contributed by atoms with Crippen molar-refractivity contribution in [1.82, 2.24) is 5.32 Å². The molecule has 3 nitrogen and oxygen atoms in total. The van der Waals surface area contributed by atoms with E-state index in [0.29, 0.717) is 19.3 Å². The van der Waals surface area contributed by atoms with Gasteiger partial charge >= 0.3 is 0 Å². The Hall–Kier alpha value is -1.22. The van der Waals surface area contributed by atoms with E-state index < -0.39 is 0 Å². The van der Waals surface area contributed by atoms with Crippen molar-refractivity contribution in [1.29, 1.82) is 0 Å². The highest BCUT2D eigenvalue weighted by Crippen LogP contribution is 2.37. The van der Waals surface area contributed by atoms with Gasteiger partial charge in [-0.1, -0.05) is 33.8 Å². The van der Waals surface area contributed by atoms with Gasteiger partial charge in [0.1, 0.15) is 0 Å². The number of hydrogen-bond donors (Lipinski definition) is 1. The van der Waals surface area contributed by atoms with Crippen LogP contribution in [0.5, 0.6) is 11.5 Å². The Bertz CT molecular complexity index is 410. The van der Waals surface area contributed by atoms with Crippen LogP contribution in [0.15, 0.2) is 18.2 Å². The van der Waals surface area contributed by atoms with Crippen molar-refractivity contribution < 1.29 is 9.47 Å². The fourth-order valence-corrected chi connectivity index (χ4v) is 2.38. The zero-order valence-corrected chi connectivity index (χ0v) is 13.7. The van der Waals surface area contributed by atoms with Gasteiger partial charge in [0.2, 0.25) is 0 Å². The van der Waals surface area contributed by atoms with Crippen molar-refractivity contribution in [2.75, 3.05) is 19.8 Å². The van der Waals surface area contributed by atoms with Crippen LogP contribution in [0.25, 0.3) is 0 Å². The molecule has 0 aromatic heterocycles. The van der Waals surface area contributed by atoms with Crippen LogP contribution in [-0.2, 0) is 0 Å². The van der Waals surface area contributed by atoms with Crippen LogP contribution in [0.2, 0.25) is 0 Å².